The van der Waals surface area contributed by atoms with Crippen LogP contribution < -0.4 is 5.32 Å². The highest BCUT2D eigenvalue weighted by Crippen LogP contribution is 2.38. The third-order valence-electron chi connectivity index (χ3n) is 3.17. The number of hydrogen-bond acceptors (Lipinski definition) is 4. The van der Waals surface area contributed by atoms with Crippen molar-refractivity contribution in [2.45, 2.75) is 30.4 Å². The first-order valence-corrected chi connectivity index (χ1v) is 8.15. The van der Waals surface area contributed by atoms with Crippen LogP contribution in [0.3, 0.4) is 0 Å². The van der Waals surface area contributed by atoms with Gasteiger partial charge >= 0.3 is 0 Å². The molecule has 2 nitrogen and oxygen atoms in total. The van der Waals surface area contributed by atoms with Crippen LogP contribution in [0, 0.1) is 6.92 Å². The van der Waals surface area contributed by atoms with Gasteiger partial charge in [-0.25, -0.2) is 0 Å². The summed E-state index contributed by atoms with van der Waals surface area (Å²) < 4.78 is 0. The highest BCUT2D eigenvalue weighted by molar-refractivity contribution is 8.07. The molecule has 1 aliphatic heterocycles. The number of aryl methyl sites for hydroxylation is 1. The SMILES string of the molecule is CNC(c1ccc(C)nc1)C1SCCSC1C. The molecule has 0 radical (unpaired) electrons. The molecule has 3 unspecified atom stereocenters. The Labute approximate surface area is 112 Å². The average molecular weight is 268 g/mol. The van der Waals surface area contributed by atoms with E-state index in [9.17, 15) is 0 Å². The average Bonchev–Trinajstić information content (AvgIpc) is 2.35. The quantitative estimate of drug-likeness (QED) is 0.911. The Morgan fingerprint density at radius 3 is 2.71 bits per heavy atom. The zero-order valence-electron chi connectivity index (χ0n) is 10.6. The van der Waals surface area contributed by atoms with Crippen molar-refractivity contribution in [1.82, 2.24) is 10.3 Å². The third kappa shape index (κ3) is 3.18. The molecule has 1 aromatic heterocycles. The Balaban J connectivity index is 2.17. The topological polar surface area (TPSA) is 24.9 Å². The Morgan fingerprint density at radius 2 is 2.12 bits per heavy atom. The summed E-state index contributed by atoms with van der Waals surface area (Å²) in [4.78, 5) is 4.41. The second-order valence-electron chi connectivity index (χ2n) is 4.41. The van der Waals surface area contributed by atoms with Gasteiger partial charge in [-0.3, -0.25) is 4.98 Å². The molecule has 1 aliphatic rings. The van der Waals surface area contributed by atoms with Gasteiger partial charge in [-0.2, -0.15) is 23.5 Å². The first-order valence-electron chi connectivity index (χ1n) is 6.05. The van der Waals surface area contributed by atoms with Crippen molar-refractivity contribution in [2.24, 2.45) is 0 Å². The van der Waals surface area contributed by atoms with Crippen molar-refractivity contribution in [3.05, 3.63) is 29.6 Å². The fourth-order valence-corrected chi connectivity index (χ4v) is 5.19. The Hall–Kier alpha value is -0.190. The van der Waals surface area contributed by atoms with E-state index in [1.807, 2.05) is 13.1 Å². The lowest BCUT2D eigenvalue weighted by molar-refractivity contribution is 0.558. The highest BCUT2D eigenvalue weighted by Gasteiger charge is 2.30. The molecule has 1 fully saturated rings. The lowest BCUT2D eigenvalue weighted by Gasteiger charge is -2.34. The monoisotopic (exact) mass is 268 g/mol. The maximum atomic E-state index is 4.41. The molecule has 94 valence electrons. The molecule has 3 atom stereocenters. The van der Waals surface area contributed by atoms with Crippen molar-refractivity contribution < 1.29 is 0 Å². The zero-order valence-corrected chi connectivity index (χ0v) is 12.3. The van der Waals surface area contributed by atoms with Gasteiger partial charge in [0.05, 0.1) is 0 Å². The minimum atomic E-state index is 0.413. The molecule has 0 aliphatic carbocycles. The van der Waals surface area contributed by atoms with Crippen molar-refractivity contribution in [3.8, 4) is 0 Å². The van der Waals surface area contributed by atoms with Crippen LogP contribution in [0.2, 0.25) is 0 Å². The summed E-state index contributed by atoms with van der Waals surface area (Å²) in [6, 6.07) is 4.72. The molecule has 0 saturated carbocycles. The molecular formula is C13H20N2S2. The molecule has 17 heavy (non-hydrogen) atoms. The molecule has 1 aromatic rings. The van der Waals surface area contributed by atoms with Gasteiger partial charge in [0.15, 0.2) is 0 Å². The number of rotatable bonds is 3. The van der Waals surface area contributed by atoms with Gasteiger partial charge in [0.25, 0.3) is 0 Å². The van der Waals surface area contributed by atoms with Gasteiger partial charge in [-0.05, 0) is 25.6 Å². The number of hydrogen-bond donors (Lipinski definition) is 1. The molecular weight excluding hydrogens is 248 g/mol. The second kappa shape index (κ2) is 6.12. The number of thioether (sulfide) groups is 2. The van der Waals surface area contributed by atoms with E-state index in [0.717, 1.165) is 5.69 Å². The molecule has 2 heterocycles. The smallest absolute Gasteiger partial charge is 0.0464 e. The summed E-state index contributed by atoms with van der Waals surface area (Å²) in [5, 5.41) is 4.81. The van der Waals surface area contributed by atoms with E-state index in [0.29, 0.717) is 16.5 Å². The van der Waals surface area contributed by atoms with E-state index in [1.54, 1.807) is 0 Å². The van der Waals surface area contributed by atoms with Crippen LogP contribution in [0.1, 0.15) is 24.2 Å². The molecule has 1 N–H and O–H groups in total. The van der Waals surface area contributed by atoms with Crippen LogP contribution in [0.4, 0.5) is 0 Å². The summed E-state index contributed by atoms with van der Waals surface area (Å²) >= 11 is 4.18. The first kappa shape index (κ1) is 13.2. The van der Waals surface area contributed by atoms with Gasteiger partial charge in [-0.15, -0.1) is 0 Å². The third-order valence-corrected chi connectivity index (χ3v) is 6.36. The Kier molecular flexibility index (Phi) is 4.77. The molecule has 4 heteroatoms. The number of nitrogens with zero attached hydrogens (tertiary/aromatic N) is 1. The second-order valence-corrected chi connectivity index (χ2v) is 7.18. The van der Waals surface area contributed by atoms with E-state index in [1.165, 1.54) is 17.1 Å². The van der Waals surface area contributed by atoms with Crippen LogP contribution in [0.5, 0.6) is 0 Å². The fourth-order valence-electron chi connectivity index (χ4n) is 2.20. The molecule has 0 bridgehead atoms. The van der Waals surface area contributed by atoms with Gasteiger partial charge in [-0.1, -0.05) is 13.0 Å². The summed E-state index contributed by atoms with van der Waals surface area (Å²) in [6.45, 7) is 4.37. The lowest BCUT2D eigenvalue weighted by Crippen LogP contribution is -2.36. The summed E-state index contributed by atoms with van der Waals surface area (Å²) in [5.74, 6) is 2.54. The van der Waals surface area contributed by atoms with Crippen LogP contribution in [-0.2, 0) is 0 Å². The normalized spacial score (nSPS) is 26.8. The van der Waals surface area contributed by atoms with Gasteiger partial charge in [0.1, 0.15) is 0 Å². The van der Waals surface area contributed by atoms with E-state index in [2.05, 4.69) is 59.9 Å². The van der Waals surface area contributed by atoms with Crippen LogP contribution in [0.25, 0.3) is 0 Å². The van der Waals surface area contributed by atoms with Crippen molar-refractivity contribution in [1.29, 1.82) is 0 Å². The van der Waals surface area contributed by atoms with E-state index in [-0.39, 0.29) is 0 Å². The van der Waals surface area contributed by atoms with Crippen LogP contribution in [-0.4, -0.2) is 34.0 Å². The molecule has 0 amide bonds. The Morgan fingerprint density at radius 1 is 1.35 bits per heavy atom. The van der Waals surface area contributed by atoms with E-state index < -0.39 is 0 Å². The predicted octanol–water partition coefficient (Wildman–Crippen LogP) is 2.89. The zero-order chi connectivity index (χ0) is 12.3. The Bertz CT molecular complexity index is 353. The number of aromatic nitrogens is 1. The van der Waals surface area contributed by atoms with Gasteiger partial charge < -0.3 is 5.32 Å². The molecule has 1 saturated heterocycles. The van der Waals surface area contributed by atoms with Crippen molar-refractivity contribution in [3.63, 3.8) is 0 Å². The molecule has 0 aromatic carbocycles. The minimum absolute atomic E-state index is 0.413. The number of pyridine rings is 1. The predicted molar refractivity (Wildman–Crippen MR) is 78.9 cm³/mol. The van der Waals surface area contributed by atoms with Crippen LogP contribution in [0.15, 0.2) is 18.3 Å². The molecule has 0 spiro atoms. The summed E-state index contributed by atoms with van der Waals surface area (Å²) in [6.07, 6.45) is 2.02. The minimum Gasteiger partial charge on any atom is -0.312 e. The van der Waals surface area contributed by atoms with Gasteiger partial charge in [0.2, 0.25) is 0 Å². The first-order chi connectivity index (χ1) is 8.22. The molecule has 2 rings (SSSR count). The standard InChI is InChI=1S/C13H20N2S2/c1-9-4-5-11(8-15-9)12(14-3)13-10(2)16-6-7-17-13/h4-5,8,10,12-14H,6-7H2,1-3H3. The van der Waals surface area contributed by atoms with Crippen LogP contribution >= 0.6 is 23.5 Å². The maximum Gasteiger partial charge on any atom is 0.0464 e. The van der Waals surface area contributed by atoms with E-state index >= 15 is 0 Å². The van der Waals surface area contributed by atoms with Crippen molar-refractivity contribution in [2.75, 3.05) is 18.6 Å². The largest absolute Gasteiger partial charge is 0.312 e. The lowest BCUT2D eigenvalue weighted by atomic mass is 10.0. The van der Waals surface area contributed by atoms with Crippen molar-refractivity contribution >= 4 is 23.5 Å². The van der Waals surface area contributed by atoms with Gasteiger partial charge in [0, 0.05) is 39.9 Å². The fraction of sp³-hybridized carbons (Fsp3) is 0.615. The number of nitrogens with one attached hydrogen (secondary N) is 1. The summed E-state index contributed by atoms with van der Waals surface area (Å²) in [5.41, 5.74) is 2.40. The summed E-state index contributed by atoms with van der Waals surface area (Å²) in [7, 11) is 2.05. The maximum absolute atomic E-state index is 4.41. The van der Waals surface area contributed by atoms with E-state index in [4.69, 9.17) is 0 Å². The highest BCUT2D eigenvalue weighted by atomic mass is 32.2.